The fourth-order valence-electron chi connectivity index (χ4n) is 0.716. The fourth-order valence-corrected chi connectivity index (χ4v) is 0.716. The zero-order chi connectivity index (χ0) is 7.56. The van der Waals surface area contributed by atoms with Crippen LogP contribution < -0.4 is 0 Å². The van der Waals surface area contributed by atoms with Crippen molar-refractivity contribution < 1.29 is 4.74 Å². The van der Waals surface area contributed by atoms with E-state index in [0.717, 1.165) is 6.61 Å². The van der Waals surface area contributed by atoms with E-state index in [-0.39, 0.29) is 0 Å². The average Bonchev–Trinajstić information content (AvgIpc) is 2.63. The monoisotopic (exact) mass is 138 g/mol. The van der Waals surface area contributed by atoms with E-state index in [1.54, 1.807) is 0 Å². The Balaban J connectivity index is 2.44. The molecular weight excluding hydrogens is 124 g/mol. The van der Waals surface area contributed by atoms with E-state index >= 15 is 0 Å². The van der Waals surface area contributed by atoms with Gasteiger partial charge in [0.25, 0.3) is 0 Å². The van der Waals surface area contributed by atoms with E-state index in [1.165, 1.54) is 11.1 Å². The molecular formula is C9H14O. The number of epoxide rings is 1. The molecule has 0 radical (unpaired) electrons. The minimum Gasteiger partial charge on any atom is -0.368 e. The van der Waals surface area contributed by atoms with Gasteiger partial charge in [-0.3, -0.25) is 0 Å². The van der Waals surface area contributed by atoms with Gasteiger partial charge < -0.3 is 4.74 Å². The van der Waals surface area contributed by atoms with E-state index in [0.29, 0.717) is 6.10 Å². The van der Waals surface area contributed by atoms with Crippen molar-refractivity contribution in [2.75, 3.05) is 6.61 Å². The number of rotatable bonds is 2. The van der Waals surface area contributed by atoms with Crippen molar-refractivity contribution in [2.24, 2.45) is 0 Å². The molecule has 0 spiro atoms. The highest BCUT2D eigenvalue weighted by Gasteiger charge is 2.23. The van der Waals surface area contributed by atoms with Crippen molar-refractivity contribution in [2.45, 2.75) is 26.9 Å². The van der Waals surface area contributed by atoms with Crippen LogP contribution in [0.3, 0.4) is 0 Å². The standard InChI is InChI=1S/C9H14O/c1-7(2)4-5-8(3)9-6-10-9/h4-5,9H,6H2,1-3H3. The van der Waals surface area contributed by atoms with Gasteiger partial charge in [0.1, 0.15) is 6.10 Å². The first-order valence-electron chi connectivity index (χ1n) is 3.63. The Morgan fingerprint density at radius 2 is 1.90 bits per heavy atom. The van der Waals surface area contributed by atoms with Crippen molar-refractivity contribution in [3.8, 4) is 0 Å². The second-order valence-corrected chi connectivity index (χ2v) is 2.98. The highest BCUT2D eigenvalue weighted by atomic mass is 16.6. The molecule has 1 heteroatoms. The van der Waals surface area contributed by atoms with Gasteiger partial charge in [-0.15, -0.1) is 0 Å². The van der Waals surface area contributed by atoms with E-state index in [1.807, 2.05) is 0 Å². The van der Waals surface area contributed by atoms with Crippen LogP contribution in [0, 0.1) is 0 Å². The lowest BCUT2D eigenvalue weighted by molar-refractivity contribution is 0.432. The van der Waals surface area contributed by atoms with Crippen LogP contribution >= 0.6 is 0 Å². The fraction of sp³-hybridized carbons (Fsp3) is 0.556. The number of ether oxygens (including phenoxy) is 1. The highest BCUT2D eigenvalue weighted by Crippen LogP contribution is 2.18. The Hall–Kier alpha value is -0.560. The first-order valence-corrected chi connectivity index (χ1v) is 3.63. The molecule has 0 amide bonds. The summed E-state index contributed by atoms with van der Waals surface area (Å²) in [5.74, 6) is 0. The molecule has 1 nitrogen and oxygen atoms in total. The molecule has 1 saturated heterocycles. The van der Waals surface area contributed by atoms with Gasteiger partial charge in [-0.1, -0.05) is 17.7 Å². The Morgan fingerprint density at radius 1 is 1.30 bits per heavy atom. The summed E-state index contributed by atoms with van der Waals surface area (Å²) < 4.78 is 5.11. The highest BCUT2D eigenvalue weighted by molar-refractivity contribution is 5.19. The summed E-state index contributed by atoms with van der Waals surface area (Å²) in [6.45, 7) is 7.21. The van der Waals surface area contributed by atoms with Crippen molar-refractivity contribution in [3.05, 3.63) is 23.3 Å². The molecule has 56 valence electrons. The molecule has 1 aliphatic rings. The minimum absolute atomic E-state index is 0.426. The molecule has 0 bridgehead atoms. The lowest BCUT2D eigenvalue weighted by Gasteiger charge is -1.89. The molecule has 1 heterocycles. The molecule has 0 aromatic carbocycles. The molecule has 0 N–H and O–H groups in total. The normalized spacial score (nSPS) is 24.3. The van der Waals surface area contributed by atoms with Crippen LogP contribution in [0.25, 0.3) is 0 Å². The second-order valence-electron chi connectivity index (χ2n) is 2.98. The van der Waals surface area contributed by atoms with Gasteiger partial charge in [0.05, 0.1) is 6.61 Å². The SMILES string of the molecule is CC(C)=CC=C(C)C1CO1. The topological polar surface area (TPSA) is 12.5 Å². The van der Waals surface area contributed by atoms with E-state index < -0.39 is 0 Å². The van der Waals surface area contributed by atoms with Crippen LogP contribution in [0.2, 0.25) is 0 Å². The third-order valence-corrected chi connectivity index (χ3v) is 1.52. The zero-order valence-corrected chi connectivity index (χ0v) is 6.85. The van der Waals surface area contributed by atoms with E-state index in [4.69, 9.17) is 4.74 Å². The van der Waals surface area contributed by atoms with Crippen LogP contribution in [0.5, 0.6) is 0 Å². The molecule has 1 fully saturated rings. The quantitative estimate of drug-likeness (QED) is 0.421. The van der Waals surface area contributed by atoms with Crippen LogP contribution in [0.15, 0.2) is 23.3 Å². The van der Waals surface area contributed by atoms with Gasteiger partial charge >= 0.3 is 0 Å². The Bertz CT molecular complexity index is 169. The van der Waals surface area contributed by atoms with Crippen LogP contribution in [-0.4, -0.2) is 12.7 Å². The van der Waals surface area contributed by atoms with Gasteiger partial charge in [0.2, 0.25) is 0 Å². The predicted molar refractivity (Wildman–Crippen MR) is 42.9 cm³/mol. The van der Waals surface area contributed by atoms with Crippen molar-refractivity contribution in [1.82, 2.24) is 0 Å². The summed E-state index contributed by atoms with van der Waals surface area (Å²) in [4.78, 5) is 0. The number of hydrogen-bond donors (Lipinski definition) is 0. The summed E-state index contributed by atoms with van der Waals surface area (Å²) in [6, 6.07) is 0. The molecule has 0 aliphatic carbocycles. The van der Waals surface area contributed by atoms with E-state index in [2.05, 4.69) is 32.9 Å². The Kier molecular flexibility index (Phi) is 2.28. The third-order valence-electron chi connectivity index (χ3n) is 1.52. The maximum atomic E-state index is 5.11. The summed E-state index contributed by atoms with van der Waals surface area (Å²) in [5, 5.41) is 0. The first kappa shape index (κ1) is 7.55. The largest absolute Gasteiger partial charge is 0.368 e. The maximum absolute atomic E-state index is 5.11. The van der Waals surface area contributed by atoms with Gasteiger partial charge in [0, 0.05) is 0 Å². The lowest BCUT2D eigenvalue weighted by Crippen LogP contribution is -1.84. The van der Waals surface area contributed by atoms with Gasteiger partial charge in [-0.25, -0.2) is 0 Å². The molecule has 0 saturated carbocycles. The predicted octanol–water partition coefficient (Wildman–Crippen LogP) is 2.30. The summed E-state index contributed by atoms with van der Waals surface area (Å²) in [5.41, 5.74) is 2.67. The van der Waals surface area contributed by atoms with Crippen LogP contribution in [-0.2, 0) is 4.74 Å². The van der Waals surface area contributed by atoms with Gasteiger partial charge in [0.15, 0.2) is 0 Å². The molecule has 1 unspecified atom stereocenters. The second kappa shape index (κ2) is 3.02. The van der Waals surface area contributed by atoms with Crippen molar-refractivity contribution in [1.29, 1.82) is 0 Å². The van der Waals surface area contributed by atoms with Crippen molar-refractivity contribution >= 4 is 0 Å². The number of hydrogen-bond acceptors (Lipinski definition) is 1. The molecule has 0 aromatic heterocycles. The Morgan fingerprint density at radius 3 is 2.30 bits per heavy atom. The van der Waals surface area contributed by atoms with E-state index in [9.17, 15) is 0 Å². The number of allylic oxidation sites excluding steroid dienone is 3. The first-order chi connectivity index (χ1) is 4.70. The Labute approximate surface area is 62.4 Å². The average molecular weight is 138 g/mol. The third kappa shape index (κ3) is 2.36. The summed E-state index contributed by atoms with van der Waals surface area (Å²) in [6.07, 6.45) is 4.68. The zero-order valence-electron chi connectivity index (χ0n) is 6.85. The minimum atomic E-state index is 0.426. The molecule has 1 rings (SSSR count). The molecule has 0 aromatic rings. The lowest BCUT2D eigenvalue weighted by atomic mass is 10.2. The van der Waals surface area contributed by atoms with Crippen molar-refractivity contribution in [3.63, 3.8) is 0 Å². The molecule has 10 heavy (non-hydrogen) atoms. The van der Waals surface area contributed by atoms with Crippen LogP contribution in [0.1, 0.15) is 20.8 Å². The smallest absolute Gasteiger partial charge is 0.102 e. The summed E-state index contributed by atoms with van der Waals surface area (Å²) in [7, 11) is 0. The van der Waals surface area contributed by atoms with Crippen LogP contribution in [0.4, 0.5) is 0 Å². The molecule has 1 atom stereocenters. The van der Waals surface area contributed by atoms with Gasteiger partial charge in [-0.05, 0) is 26.3 Å². The molecule has 1 aliphatic heterocycles. The van der Waals surface area contributed by atoms with Gasteiger partial charge in [-0.2, -0.15) is 0 Å². The summed E-state index contributed by atoms with van der Waals surface area (Å²) >= 11 is 0. The maximum Gasteiger partial charge on any atom is 0.102 e.